The highest BCUT2D eigenvalue weighted by Crippen LogP contribution is 2.37. The zero-order valence-corrected chi connectivity index (χ0v) is 20.4. The molecule has 3 aromatic rings. The molecule has 1 aliphatic rings. The minimum absolute atomic E-state index is 0.0200. The molecule has 0 aliphatic carbocycles. The van der Waals surface area contributed by atoms with Gasteiger partial charge >= 0.3 is 6.18 Å². The van der Waals surface area contributed by atoms with Crippen molar-refractivity contribution in [2.75, 3.05) is 32.0 Å². The Morgan fingerprint density at radius 2 is 1.97 bits per heavy atom. The summed E-state index contributed by atoms with van der Waals surface area (Å²) in [4.78, 5) is 25.3. The van der Waals surface area contributed by atoms with E-state index in [4.69, 9.17) is 0 Å². The van der Waals surface area contributed by atoms with Crippen LogP contribution in [0.15, 0.2) is 49.3 Å². The van der Waals surface area contributed by atoms with Crippen LogP contribution < -0.4 is 10.6 Å². The van der Waals surface area contributed by atoms with Gasteiger partial charge in [0.1, 0.15) is 6.17 Å². The Kier molecular flexibility index (Phi) is 8.00. The molecule has 1 fully saturated rings. The number of carbonyl (C=O) groups is 1. The van der Waals surface area contributed by atoms with E-state index in [1.54, 1.807) is 18.2 Å². The topological polar surface area (TPSA) is 83.0 Å². The number of halogens is 5. The maximum atomic E-state index is 14.7. The van der Waals surface area contributed by atoms with Crippen molar-refractivity contribution in [3.63, 3.8) is 0 Å². The van der Waals surface area contributed by atoms with Crippen molar-refractivity contribution in [1.29, 1.82) is 0 Å². The summed E-state index contributed by atoms with van der Waals surface area (Å²) >= 11 is 0. The smallest absolute Gasteiger partial charge is 0.379 e. The van der Waals surface area contributed by atoms with Crippen LogP contribution in [0.3, 0.4) is 0 Å². The van der Waals surface area contributed by atoms with Crippen molar-refractivity contribution in [2.24, 2.45) is 0 Å². The predicted octanol–water partition coefficient (Wildman–Crippen LogP) is 4.64. The highest BCUT2D eigenvalue weighted by atomic mass is 19.4. The van der Waals surface area contributed by atoms with Gasteiger partial charge in [-0.2, -0.15) is 13.2 Å². The second-order valence-corrected chi connectivity index (χ2v) is 8.93. The summed E-state index contributed by atoms with van der Waals surface area (Å²) in [6.45, 7) is 4.13. The molecule has 0 bridgehead atoms. The average molecular weight is 533 g/mol. The molecule has 2 atom stereocenters. The van der Waals surface area contributed by atoms with Gasteiger partial charge in [-0.15, -0.1) is 0 Å². The Labute approximate surface area is 215 Å². The zero-order chi connectivity index (χ0) is 27.4. The van der Waals surface area contributed by atoms with E-state index in [0.29, 0.717) is 24.0 Å². The third kappa shape index (κ3) is 6.31. The number of carbonyl (C=O) groups excluding carboxylic acids is 1. The molecule has 1 aliphatic heterocycles. The maximum Gasteiger partial charge on any atom is 0.417 e. The number of pyridine rings is 1. The summed E-state index contributed by atoms with van der Waals surface area (Å²) in [5, 5.41) is 6.32. The third-order valence-electron chi connectivity index (χ3n) is 6.10. The number of nitrogens with one attached hydrogen (secondary N) is 2. The van der Waals surface area contributed by atoms with Crippen LogP contribution in [-0.2, 0) is 0 Å². The lowest BCUT2D eigenvalue weighted by molar-refractivity contribution is -0.0688. The van der Waals surface area contributed by atoms with Gasteiger partial charge in [-0.05, 0) is 31.7 Å². The summed E-state index contributed by atoms with van der Waals surface area (Å²) < 4.78 is 68.5. The molecule has 1 aromatic carbocycles. The summed E-state index contributed by atoms with van der Waals surface area (Å²) in [5.41, 5.74) is -0.795. The van der Waals surface area contributed by atoms with E-state index < -0.39 is 35.7 Å². The average Bonchev–Trinajstić information content (AvgIpc) is 2.87. The molecule has 3 heterocycles. The van der Waals surface area contributed by atoms with E-state index in [9.17, 15) is 26.7 Å². The fourth-order valence-corrected chi connectivity index (χ4v) is 4.13. The normalized spacial score (nSPS) is 18.6. The molecule has 2 N–H and O–H groups in total. The number of rotatable bonds is 7. The number of piperidine rings is 1. The predicted molar refractivity (Wildman–Crippen MR) is 135 cm³/mol. The number of amides is 1. The largest absolute Gasteiger partial charge is 0.417 e. The number of likely N-dealkylation sites (tertiary alicyclic amines) is 1. The van der Waals surface area contributed by atoms with Gasteiger partial charge in [0, 0.05) is 36.1 Å². The number of nitrogens with zero attached hydrogens (tertiary/aromatic N) is 4. The van der Waals surface area contributed by atoms with Gasteiger partial charge < -0.3 is 15.5 Å². The molecule has 7 nitrogen and oxygen atoms in total. The van der Waals surface area contributed by atoms with Crippen LogP contribution in [0.25, 0.3) is 22.4 Å². The number of hydrogen-bond acceptors (Lipinski definition) is 6. The number of anilines is 1. The zero-order valence-electron chi connectivity index (χ0n) is 20.4. The van der Waals surface area contributed by atoms with E-state index in [1.165, 1.54) is 18.2 Å². The maximum absolute atomic E-state index is 14.7. The summed E-state index contributed by atoms with van der Waals surface area (Å²) in [6, 6.07) is 5.88. The van der Waals surface area contributed by atoms with Crippen LogP contribution in [0.4, 0.5) is 27.6 Å². The van der Waals surface area contributed by atoms with Crippen LogP contribution in [0.5, 0.6) is 0 Å². The summed E-state index contributed by atoms with van der Waals surface area (Å²) in [5.74, 6) is -1.58. The van der Waals surface area contributed by atoms with Crippen molar-refractivity contribution >= 4 is 34.0 Å². The van der Waals surface area contributed by atoms with E-state index in [-0.39, 0.29) is 35.7 Å². The Morgan fingerprint density at radius 1 is 1.24 bits per heavy atom. The summed E-state index contributed by atoms with van der Waals surface area (Å²) in [7, 11) is 1.83. The lowest BCUT2D eigenvalue weighted by Gasteiger charge is -2.33. The highest BCUT2D eigenvalue weighted by Gasteiger charge is 2.35. The molecule has 0 saturated carbocycles. The molecule has 1 saturated heterocycles. The van der Waals surface area contributed by atoms with Crippen molar-refractivity contribution in [3.8, 4) is 0 Å². The second-order valence-electron chi connectivity index (χ2n) is 8.93. The Bertz CT molecular complexity index is 1360. The van der Waals surface area contributed by atoms with E-state index >= 15 is 0 Å². The number of allylic oxidation sites excluding steroid dienone is 1. The number of fused-ring (bicyclic) bond motifs is 1. The van der Waals surface area contributed by atoms with Gasteiger partial charge in [0.25, 0.3) is 5.91 Å². The Balaban J connectivity index is 1.62. The molecule has 200 valence electrons. The minimum Gasteiger partial charge on any atom is -0.379 e. The SMILES string of the molecule is C=C(c1nc(/C=C/CNC(=O)c2ncc(F)cn2)cc2c(N[C@@H]3CCN(C)C[C@@H]3F)cccc12)C(F)(F)F. The molecular weight excluding hydrogens is 507 g/mol. The monoisotopic (exact) mass is 532 g/mol. The Morgan fingerprint density at radius 3 is 2.66 bits per heavy atom. The van der Waals surface area contributed by atoms with Crippen LogP contribution in [-0.4, -0.2) is 70.8 Å². The number of benzene rings is 1. The van der Waals surface area contributed by atoms with Crippen LogP contribution >= 0.6 is 0 Å². The first-order valence-corrected chi connectivity index (χ1v) is 11.7. The fourth-order valence-electron chi connectivity index (χ4n) is 4.13. The molecule has 0 radical (unpaired) electrons. The van der Waals surface area contributed by atoms with E-state index in [2.05, 4.69) is 32.2 Å². The summed E-state index contributed by atoms with van der Waals surface area (Å²) in [6.07, 6.45) is -0.688. The van der Waals surface area contributed by atoms with Crippen LogP contribution in [0.1, 0.15) is 28.4 Å². The molecule has 1 amide bonds. The first kappa shape index (κ1) is 27.1. The second kappa shape index (κ2) is 11.2. The lowest BCUT2D eigenvalue weighted by atomic mass is 9.99. The number of alkyl halides is 4. The van der Waals surface area contributed by atoms with Crippen molar-refractivity contribution in [3.05, 3.63) is 72.3 Å². The first-order chi connectivity index (χ1) is 18.0. The first-order valence-electron chi connectivity index (χ1n) is 11.7. The minimum atomic E-state index is -4.72. The molecule has 38 heavy (non-hydrogen) atoms. The van der Waals surface area contributed by atoms with Gasteiger partial charge in [0.2, 0.25) is 5.82 Å². The number of aromatic nitrogens is 3. The third-order valence-corrected chi connectivity index (χ3v) is 6.10. The highest BCUT2D eigenvalue weighted by molar-refractivity contribution is 6.01. The van der Waals surface area contributed by atoms with Crippen LogP contribution in [0, 0.1) is 5.82 Å². The fraction of sp³-hybridized carbons (Fsp3) is 0.308. The molecule has 4 rings (SSSR count). The van der Waals surface area contributed by atoms with Crippen molar-refractivity contribution in [1.82, 2.24) is 25.2 Å². The lowest BCUT2D eigenvalue weighted by Crippen LogP contribution is -2.46. The van der Waals surface area contributed by atoms with Gasteiger partial charge in [-0.3, -0.25) is 4.79 Å². The van der Waals surface area contributed by atoms with Gasteiger partial charge in [-0.1, -0.05) is 24.8 Å². The van der Waals surface area contributed by atoms with Gasteiger partial charge in [0.05, 0.1) is 35.4 Å². The van der Waals surface area contributed by atoms with E-state index in [1.807, 2.05) is 11.9 Å². The van der Waals surface area contributed by atoms with Gasteiger partial charge in [0.15, 0.2) is 5.82 Å². The quantitative estimate of drug-likeness (QED) is 0.432. The number of hydrogen-bond donors (Lipinski definition) is 2. The van der Waals surface area contributed by atoms with Crippen molar-refractivity contribution in [2.45, 2.75) is 24.8 Å². The van der Waals surface area contributed by atoms with Crippen LogP contribution in [0.2, 0.25) is 0 Å². The molecule has 0 unspecified atom stereocenters. The molecule has 12 heteroatoms. The molecule has 0 spiro atoms. The van der Waals surface area contributed by atoms with Crippen molar-refractivity contribution < 1.29 is 26.7 Å². The van der Waals surface area contributed by atoms with E-state index in [0.717, 1.165) is 12.4 Å². The Hall–Kier alpha value is -3.93. The molecule has 2 aromatic heterocycles. The van der Waals surface area contributed by atoms with Gasteiger partial charge in [-0.25, -0.2) is 23.7 Å². The standard InChI is InChI=1S/C26H25F5N6O/c1-15(26(29,30)31)23-18-6-3-7-21(36-22-8-10-37(2)14-20(22)28)19(18)11-17(35-23)5-4-9-32-25(38)24-33-12-16(27)13-34-24/h3-7,11-13,20,22,36H,1,8-10,14H2,2H3,(H,32,38)/b5-4+/t20-,22+/m0/s1. The molecular formula is C26H25F5N6O.